The summed E-state index contributed by atoms with van der Waals surface area (Å²) < 4.78 is 11.8. The number of hydrogen-bond acceptors (Lipinski definition) is 3. The monoisotopic (exact) mass is 235 g/mol. The molecule has 2 rings (SSSR count). The molecule has 1 aromatic carbocycles. The standard InChI is InChI=1S/C14H21NO2/c1-10-7-13(8-11(2)16-10)17-14-6-4-3-5-12(14)9-15/h3-6,10-11,13H,7-9,15H2,1-2H3. The predicted molar refractivity (Wildman–Crippen MR) is 68.0 cm³/mol. The van der Waals surface area contributed by atoms with Gasteiger partial charge < -0.3 is 15.2 Å². The molecule has 2 unspecified atom stereocenters. The molecule has 1 aliphatic heterocycles. The first-order valence-corrected chi connectivity index (χ1v) is 6.29. The second kappa shape index (κ2) is 5.52. The van der Waals surface area contributed by atoms with E-state index in [2.05, 4.69) is 13.8 Å². The lowest BCUT2D eigenvalue weighted by molar-refractivity contribution is -0.0723. The molecular weight excluding hydrogens is 214 g/mol. The zero-order valence-corrected chi connectivity index (χ0v) is 10.6. The normalized spacial score (nSPS) is 29.0. The van der Waals surface area contributed by atoms with Gasteiger partial charge in [-0.25, -0.2) is 0 Å². The maximum absolute atomic E-state index is 6.06. The molecule has 0 aromatic heterocycles. The highest BCUT2D eigenvalue weighted by Gasteiger charge is 2.26. The van der Waals surface area contributed by atoms with Crippen LogP contribution in [0.3, 0.4) is 0 Å². The lowest BCUT2D eigenvalue weighted by Crippen LogP contribution is -2.35. The van der Waals surface area contributed by atoms with Gasteiger partial charge in [-0.05, 0) is 19.9 Å². The summed E-state index contributed by atoms with van der Waals surface area (Å²) in [6.45, 7) is 4.71. The zero-order chi connectivity index (χ0) is 12.3. The molecule has 17 heavy (non-hydrogen) atoms. The average molecular weight is 235 g/mol. The van der Waals surface area contributed by atoms with E-state index in [4.69, 9.17) is 15.2 Å². The van der Waals surface area contributed by atoms with Crippen LogP contribution >= 0.6 is 0 Å². The van der Waals surface area contributed by atoms with Crippen molar-refractivity contribution in [3.63, 3.8) is 0 Å². The van der Waals surface area contributed by atoms with Gasteiger partial charge in [0.15, 0.2) is 0 Å². The first-order chi connectivity index (χ1) is 8.19. The van der Waals surface area contributed by atoms with Gasteiger partial charge in [0.25, 0.3) is 0 Å². The Balaban J connectivity index is 2.04. The van der Waals surface area contributed by atoms with Gasteiger partial charge in [-0.3, -0.25) is 0 Å². The van der Waals surface area contributed by atoms with Crippen LogP contribution in [0.15, 0.2) is 24.3 Å². The molecule has 0 saturated carbocycles. The fraction of sp³-hybridized carbons (Fsp3) is 0.571. The minimum absolute atomic E-state index is 0.237. The molecule has 3 heteroatoms. The summed E-state index contributed by atoms with van der Waals surface area (Å²) in [5.41, 5.74) is 6.77. The molecule has 1 saturated heterocycles. The molecule has 0 spiro atoms. The Labute approximate surface area is 103 Å². The van der Waals surface area contributed by atoms with E-state index >= 15 is 0 Å². The van der Waals surface area contributed by atoms with Gasteiger partial charge in [-0.15, -0.1) is 0 Å². The molecule has 1 aliphatic rings. The van der Waals surface area contributed by atoms with Crippen molar-refractivity contribution in [1.29, 1.82) is 0 Å². The number of para-hydroxylation sites is 1. The highest BCUT2D eigenvalue weighted by atomic mass is 16.5. The van der Waals surface area contributed by atoms with Gasteiger partial charge in [0.05, 0.1) is 12.2 Å². The quantitative estimate of drug-likeness (QED) is 0.875. The fourth-order valence-electron chi connectivity index (χ4n) is 2.41. The molecule has 0 amide bonds. The molecule has 2 N–H and O–H groups in total. The molecule has 1 aromatic rings. The van der Waals surface area contributed by atoms with Crippen molar-refractivity contribution in [3.8, 4) is 5.75 Å². The molecular formula is C14H21NO2. The van der Waals surface area contributed by atoms with E-state index in [1.807, 2.05) is 24.3 Å². The summed E-state index contributed by atoms with van der Waals surface area (Å²) in [5, 5.41) is 0. The summed E-state index contributed by atoms with van der Waals surface area (Å²) in [7, 11) is 0. The van der Waals surface area contributed by atoms with E-state index in [0.717, 1.165) is 24.2 Å². The molecule has 1 fully saturated rings. The van der Waals surface area contributed by atoms with Crippen molar-refractivity contribution in [1.82, 2.24) is 0 Å². The van der Waals surface area contributed by atoms with Crippen molar-refractivity contribution in [3.05, 3.63) is 29.8 Å². The Morgan fingerprint density at radius 3 is 2.53 bits per heavy atom. The summed E-state index contributed by atoms with van der Waals surface area (Å²) in [6.07, 6.45) is 2.68. The minimum atomic E-state index is 0.237. The Morgan fingerprint density at radius 1 is 1.24 bits per heavy atom. The van der Waals surface area contributed by atoms with Gasteiger partial charge in [-0.2, -0.15) is 0 Å². The van der Waals surface area contributed by atoms with Gasteiger partial charge in [0.1, 0.15) is 11.9 Å². The SMILES string of the molecule is CC1CC(Oc2ccccc2CN)CC(C)O1. The lowest BCUT2D eigenvalue weighted by atomic mass is 10.0. The number of rotatable bonds is 3. The maximum Gasteiger partial charge on any atom is 0.124 e. The van der Waals surface area contributed by atoms with Crippen LogP contribution in [0.25, 0.3) is 0 Å². The average Bonchev–Trinajstić information content (AvgIpc) is 2.28. The van der Waals surface area contributed by atoms with Crippen LogP contribution in [0.5, 0.6) is 5.75 Å². The molecule has 0 bridgehead atoms. The van der Waals surface area contributed by atoms with Gasteiger partial charge in [0, 0.05) is 24.9 Å². The summed E-state index contributed by atoms with van der Waals surface area (Å²) in [6, 6.07) is 7.99. The maximum atomic E-state index is 6.06. The van der Waals surface area contributed by atoms with Crippen molar-refractivity contribution in [2.24, 2.45) is 5.73 Å². The van der Waals surface area contributed by atoms with Crippen LogP contribution in [0.4, 0.5) is 0 Å². The van der Waals surface area contributed by atoms with Gasteiger partial charge in [-0.1, -0.05) is 18.2 Å². The van der Waals surface area contributed by atoms with E-state index in [-0.39, 0.29) is 18.3 Å². The number of hydrogen-bond donors (Lipinski definition) is 1. The van der Waals surface area contributed by atoms with E-state index in [0.29, 0.717) is 6.54 Å². The molecule has 0 aliphatic carbocycles. The molecule has 94 valence electrons. The second-order valence-corrected chi connectivity index (χ2v) is 4.78. The molecule has 3 nitrogen and oxygen atoms in total. The Kier molecular flexibility index (Phi) is 4.02. The molecule has 0 radical (unpaired) electrons. The van der Waals surface area contributed by atoms with E-state index in [9.17, 15) is 0 Å². The van der Waals surface area contributed by atoms with Crippen LogP contribution in [-0.4, -0.2) is 18.3 Å². The van der Waals surface area contributed by atoms with E-state index in [1.165, 1.54) is 0 Å². The summed E-state index contributed by atoms with van der Waals surface area (Å²) in [5.74, 6) is 0.918. The van der Waals surface area contributed by atoms with Crippen LogP contribution in [0.1, 0.15) is 32.3 Å². The second-order valence-electron chi connectivity index (χ2n) is 4.78. The van der Waals surface area contributed by atoms with Crippen molar-refractivity contribution in [2.75, 3.05) is 0 Å². The third-order valence-electron chi connectivity index (χ3n) is 3.14. The third-order valence-corrected chi connectivity index (χ3v) is 3.14. The Hall–Kier alpha value is -1.06. The zero-order valence-electron chi connectivity index (χ0n) is 10.6. The van der Waals surface area contributed by atoms with Crippen LogP contribution in [0, 0.1) is 0 Å². The fourth-order valence-corrected chi connectivity index (χ4v) is 2.41. The summed E-state index contributed by atoms with van der Waals surface area (Å²) >= 11 is 0. The van der Waals surface area contributed by atoms with Crippen LogP contribution in [-0.2, 0) is 11.3 Å². The van der Waals surface area contributed by atoms with Crippen molar-refractivity contribution in [2.45, 2.75) is 51.5 Å². The molecule has 2 atom stereocenters. The predicted octanol–water partition coefficient (Wildman–Crippen LogP) is 2.48. The first-order valence-electron chi connectivity index (χ1n) is 6.29. The number of ether oxygens (including phenoxy) is 2. The highest BCUT2D eigenvalue weighted by molar-refractivity contribution is 5.33. The molecule has 1 heterocycles. The van der Waals surface area contributed by atoms with Crippen molar-refractivity contribution < 1.29 is 9.47 Å². The largest absolute Gasteiger partial charge is 0.490 e. The minimum Gasteiger partial charge on any atom is -0.490 e. The Bertz CT molecular complexity index is 357. The Morgan fingerprint density at radius 2 is 1.88 bits per heavy atom. The smallest absolute Gasteiger partial charge is 0.124 e. The van der Waals surface area contributed by atoms with Gasteiger partial charge in [0.2, 0.25) is 0 Å². The number of nitrogens with two attached hydrogens (primary N) is 1. The summed E-state index contributed by atoms with van der Waals surface area (Å²) in [4.78, 5) is 0. The number of benzene rings is 1. The van der Waals surface area contributed by atoms with Crippen molar-refractivity contribution >= 4 is 0 Å². The van der Waals surface area contributed by atoms with Gasteiger partial charge >= 0.3 is 0 Å². The topological polar surface area (TPSA) is 44.5 Å². The van der Waals surface area contributed by atoms with Crippen LogP contribution in [0.2, 0.25) is 0 Å². The third kappa shape index (κ3) is 3.20. The van der Waals surface area contributed by atoms with E-state index < -0.39 is 0 Å². The first kappa shape index (κ1) is 12.4. The van der Waals surface area contributed by atoms with Crippen LogP contribution < -0.4 is 10.5 Å². The highest BCUT2D eigenvalue weighted by Crippen LogP contribution is 2.26. The lowest BCUT2D eigenvalue weighted by Gasteiger charge is -2.32. The van der Waals surface area contributed by atoms with E-state index in [1.54, 1.807) is 0 Å².